The SMILES string of the molecule is Cc1cc(-c2ccccc2O[C@H](C)C[C@H](C)Oc2ccccc2-c2cc(C)cc(-n3c4ccccc4c4ccccc43)c2O)c(O)c(-n2c3ccccc3c3ccccc32)c1.[Cl][Zr][Cl]. The molecular weight excluding hydrogens is 915 g/mol. The summed E-state index contributed by atoms with van der Waals surface area (Å²) in [6.45, 7) is 8.22. The summed E-state index contributed by atoms with van der Waals surface area (Å²) in [5.74, 6) is 1.74. The Balaban J connectivity index is 0.00000168. The molecule has 0 aliphatic rings. The van der Waals surface area contributed by atoms with Crippen molar-refractivity contribution in [2.75, 3.05) is 0 Å². The Hall–Kier alpha value is -5.98. The number of ether oxygens (including phenoxy) is 2. The quantitative estimate of drug-likeness (QED) is 0.143. The third-order valence-electron chi connectivity index (χ3n) is 11.8. The molecule has 0 saturated heterocycles. The zero-order valence-corrected chi connectivity index (χ0v) is 39.9. The predicted octanol–water partition coefficient (Wildman–Crippen LogP) is 15.2. The maximum atomic E-state index is 12.1. The number of phenolic OH excluding ortho intramolecular Hbond substituents is 2. The van der Waals surface area contributed by atoms with Gasteiger partial charge in [0.25, 0.3) is 0 Å². The Labute approximate surface area is 391 Å². The number of rotatable bonds is 10. The van der Waals surface area contributed by atoms with E-state index in [9.17, 15) is 10.2 Å². The number of phenols is 2. The van der Waals surface area contributed by atoms with Gasteiger partial charge in [0.2, 0.25) is 0 Å². The van der Waals surface area contributed by atoms with E-state index in [-0.39, 0.29) is 23.7 Å². The molecule has 2 N–H and O–H groups in total. The molecule has 10 aromatic rings. The van der Waals surface area contributed by atoms with E-state index >= 15 is 0 Å². The van der Waals surface area contributed by atoms with Crippen LogP contribution in [0.2, 0.25) is 0 Å². The number of benzene rings is 8. The van der Waals surface area contributed by atoms with E-state index in [0.29, 0.717) is 29.0 Å². The van der Waals surface area contributed by atoms with Crippen LogP contribution in [0.25, 0.3) is 77.2 Å². The Bertz CT molecular complexity index is 3000. The number of aryl methyl sites for hydroxylation is 2. The molecular formula is C55H46Cl2N2O4Zr. The van der Waals surface area contributed by atoms with Crippen LogP contribution in [0, 0.1) is 13.8 Å². The fourth-order valence-corrected chi connectivity index (χ4v) is 9.22. The molecule has 9 heteroatoms. The van der Waals surface area contributed by atoms with Crippen LogP contribution in [0.4, 0.5) is 0 Å². The van der Waals surface area contributed by atoms with Crippen molar-refractivity contribution in [2.45, 2.75) is 46.3 Å². The van der Waals surface area contributed by atoms with Gasteiger partial charge >= 0.3 is 37.9 Å². The minimum absolute atomic E-state index is 0.190. The van der Waals surface area contributed by atoms with Gasteiger partial charge in [0, 0.05) is 50.2 Å². The summed E-state index contributed by atoms with van der Waals surface area (Å²) in [4.78, 5) is 0. The molecule has 10 rings (SSSR count). The van der Waals surface area contributed by atoms with Gasteiger partial charge in [-0.05, 0) is 99.5 Å². The number of halogens is 2. The fraction of sp³-hybridized carbons (Fsp3) is 0.127. The molecule has 64 heavy (non-hydrogen) atoms. The van der Waals surface area contributed by atoms with Crippen LogP contribution < -0.4 is 9.47 Å². The van der Waals surface area contributed by atoms with E-state index in [4.69, 9.17) is 26.5 Å². The van der Waals surface area contributed by atoms with Crippen LogP contribution in [0.3, 0.4) is 0 Å². The summed E-state index contributed by atoms with van der Waals surface area (Å²) in [7, 11) is 9.87. The number of hydrogen-bond acceptors (Lipinski definition) is 4. The predicted molar refractivity (Wildman–Crippen MR) is 262 cm³/mol. The number of nitrogens with zero attached hydrogens (tertiary/aromatic N) is 2. The van der Waals surface area contributed by atoms with E-state index in [2.05, 4.69) is 95.8 Å². The molecule has 0 fully saturated rings. The van der Waals surface area contributed by atoms with E-state index in [1.165, 1.54) is 0 Å². The van der Waals surface area contributed by atoms with Crippen LogP contribution in [0.5, 0.6) is 23.0 Å². The van der Waals surface area contributed by atoms with Crippen molar-refractivity contribution in [1.82, 2.24) is 9.13 Å². The van der Waals surface area contributed by atoms with E-state index < -0.39 is 20.8 Å². The summed E-state index contributed by atoms with van der Waals surface area (Å²) < 4.78 is 17.7. The molecule has 0 unspecified atom stereocenters. The average molecular weight is 961 g/mol. The summed E-state index contributed by atoms with van der Waals surface area (Å²) in [6, 6.07) is 57.2. The fourth-order valence-electron chi connectivity index (χ4n) is 9.22. The first-order valence-corrected chi connectivity index (χ1v) is 27.6. The average Bonchev–Trinajstić information content (AvgIpc) is 3.81. The number of aromatic hydroxyl groups is 2. The molecule has 2 aromatic heterocycles. The Morgan fingerprint density at radius 3 is 1.09 bits per heavy atom. The molecule has 0 amide bonds. The summed E-state index contributed by atoms with van der Waals surface area (Å²) in [5, 5.41) is 28.8. The van der Waals surface area contributed by atoms with Gasteiger partial charge in [-0.15, -0.1) is 0 Å². The van der Waals surface area contributed by atoms with Crippen molar-refractivity contribution in [1.29, 1.82) is 0 Å². The van der Waals surface area contributed by atoms with Crippen molar-refractivity contribution in [3.8, 4) is 56.6 Å². The second kappa shape index (κ2) is 18.6. The van der Waals surface area contributed by atoms with Crippen molar-refractivity contribution in [3.05, 3.63) is 181 Å². The summed E-state index contributed by atoms with van der Waals surface area (Å²) in [5.41, 5.74) is 10.6. The van der Waals surface area contributed by atoms with Gasteiger partial charge in [-0.25, -0.2) is 0 Å². The first kappa shape index (κ1) is 43.3. The van der Waals surface area contributed by atoms with Gasteiger partial charge in [0.05, 0.1) is 45.6 Å². The van der Waals surface area contributed by atoms with Gasteiger partial charge in [-0.3, -0.25) is 0 Å². The second-order valence-corrected chi connectivity index (χ2v) is 20.0. The normalized spacial score (nSPS) is 12.3. The van der Waals surface area contributed by atoms with Crippen LogP contribution in [0.1, 0.15) is 31.4 Å². The van der Waals surface area contributed by atoms with Crippen molar-refractivity contribution in [2.24, 2.45) is 0 Å². The Morgan fingerprint density at radius 2 is 0.750 bits per heavy atom. The van der Waals surface area contributed by atoms with Gasteiger partial charge in [0.15, 0.2) is 0 Å². The van der Waals surface area contributed by atoms with E-state index in [1.54, 1.807) is 0 Å². The Morgan fingerprint density at radius 1 is 0.453 bits per heavy atom. The monoisotopic (exact) mass is 958 g/mol. The standard InChI is InChI=1S/C55H46N2O4.2ClH.Zr/c1-34-29-44(54(58)50(31-34)56-46-23-11-5-17-38(46)39-18-6-12-24-47(39)56)42-21-9-15-27-52(42)60-36(3)33-37(4)61-53-28-16-10-22-43(53)45-30-35(2)32-51(55(45)59)57-48-25-13-7-19-40(48)41-20-8-14-26-49(41)57;;;/h5-32,36-37,58-59H,33H2,1-4H3;2*1H;/q;;;+2/p-2/t36-,37+;;;. The summed E-state index contributed by atoms with van der Waals surface area (Å²) in [6.07, 6.45) is 0.115. The molecule has 318 valence electrons. The molecule has 0 spiro atoms. The number of fused-ring (bicyclic) bond motifs is 6. The molecule has 8 aromatic carbocycles. The molecule has 0 aliphatic heterocycles. The second-order valence-electron chi connectivity index (χ2n) is 16.3. The summed E-state index contributed by atoms with van der Waals surface area (Å²) >= 11 is -0.826. The Kier molecular flexibility index (Phi) is 12.6. The van der Waals surface area contributed by atoms with E-state index in [0.717, 1.165) is 77.2 Å². The molecule has 2 atom stereocenters. The number of para-hydroxylation sites is 6. The van der Waals surface area contributed by atoms with Gasteiger partial charge in [-0.1, -0.05) is 109 Å². The molecule has 0 saturated carbocycles. The number of aromatic nitrogens is 2. The zero-order chi connectivity index (χ0) is 44.5. The third-order valence-corrected chi connectivity index (χ3v) is 11.8. The third kappa shape index (κ3) is 8.18. The van der Waals surface area contributed by atoms with Crippen molar-refractivity contribution in [3.63, 3.8) is 0 Å². The minimum atomic E-state index is -0.826. The van der Waals surface area contributed by atoms with Crippen LogP contribution in [-0.4, -0.2) is 31.6 Å². The first-order valence-electron chi connectivity index (χ1n) is 21.3. The van der Waals surface area contributed by atoms with Crippen LogP contribution in [-0.2, 0) is 20.8 Å². The first-order chi connectivity index (χ1) is 31.2. The number of hydrogen-bond donors (Lipinski definition) is 2. The van der Waals surface area contributed by atoms with Crippen molar-refractivity contribution < 1.29 is 40.5 Å². The maximum absolute atomic E-state index is 12.1. The van der Waals surface area contributed by atoms with Gasteiger partial charge < -0.3 is 28.8 Å². The topological polar surface area (TPSA) is 68.8 Å². The van der Waals surface area contributed by atoms with Gasteiger partial charge in [-0.2, -0.15) is 0 Å². The molecule has 0 radical (unpaired) electrons. The van der Waals surface area contributed by atoms with Crippen LogP contribution in [0.15, 0.2) is 170 Å². The van der Waals surface area contributed by atoms with E-state index in [1.807, 2.05) is 111 Å². The molecule has 0 aliphatic carbocycles. The molecule has 0 bridgehead atoms. The van der Waals surface area contributed by atoms with Crippen LogP contribution >= 0.6 is 17.0 Å². The molecule has 6 nitrogen and oxygen atoms in total. The van der Waals surface area contributed by atoms with Gasteiger partial charge in [0.1, 0.15) is 23.0 Å². The zero-order valence-electron chi connectivity index (χ0n) is 35.9. The van der Waals surface area contributed by atoms with Crippen molar-refractivity contribution >= 4 is 60.6 Å². The molecule has 2 heterocycles.